The van der Waals surface area contributed by atoms with Gasteiger partial charge in [-0.05, 0) is 45.0 Å². The van der Waals surface area contributed by atoms with Crippen LogP contribution in [0.5, 0.6) is 0 Å². The van der Waals surface area contributed by atoms with E-state index in [-0.39, 0.29) is 23.0 Å². The van der Waals surface area contributed by atoms with Gasteiger partial charge in [0, 0.05) is 17.8 Å². The van der Waals surface area contributed by atoms with Crippen LogP contribution in [0.3, 0.4) is 0 Å². The normalized spacial score (nSPS) is 11.6. The Morgan fingerprint density at radius 3 is 2.33 bits per heavy atom. The molecule has 0 radical (unpaired) electrons. The first-order valence-corrected chi connectivity index (χ1v) is 8.39. The van der Waals surface area contributed by atoms with Crippen LogP contribution < -0.4 is 10.6 Å². The van der Waals surface area contributed by atoms with Crippen molar-refractivity contribution >= 4 is 28.9 Å². The molecule has 8 heteroatoms. The van der Waals surface area contributed by atoms with Crippen molar-refractivity contribution in [1.29, 1.82) is 0 Å². The number of benzene rings is 2. The summed E-state index contributed by atoms with van der Waals surface area (Å²) in [5.74, 6) is -1.24. The summed E-state index contributed by atoms with van der Waals surface area (Å²) >= 11 is 0. The smallest absolute Gasteiger partial charge is 0.339 e. The van der Waals surface area contributed by atoms with Gasteiger partial charge in [0.15, 0.2) is 6.10 Å². The summed E-state index contributed by atoms with van der Waals surface area (Å²) in [5, 5.41) is 17.0. The van der Waals surface area contributed by atoms with Gasteiger partial charge in [-0.1, -0.05) is 18.2 Å². The lowest BCUT2D eigenvalue weighted by Gasteiger charge is -2.15. The number of rotatable bonds is 7. The first kappa shape index (κ1) is 19.9. The maximum Gasteiger partial charge on any atom is 0.339 e. The minimum Gasteiger partial charge on any atom is -0.449 e. The molecule has 1 atom stereocenters. The molecule has 2 rings (SSSR count). The molecule has 0 unspecified atom stereocenters. The highest BCUT2D eigenvalue weighted by molar-refractivity contribution is 5.94. The lowest BCUT2D eigenvalue weighted by molar-refractivity contribution is -0.383. The molecule has 0 aliphatic rings. The monoisotopic (exact) mass is 371 g/mol. The van der Waals surface area contributed by atoms with Gasteiger partial charge in [-0.15, -0.1) is 0 Å². The Labute approximate surface area is 156 Å². The van der Waals surface area contributed by atoms with Crippen LogP contribution in [0, 0.1) is 10.1 Å². The van der Waals surface area contributed by atoms with Crippen molar-refractivity contribution in [3.63, 3.8) is 0 Å². The molecular weight excluding hydrogens is 350 g/mol. The fourth-order valence-corrected chi connectivity index (χ4v) is 2.28. The molecule has 0 heterocycles. The van der Waals surface area contributed by atoms with Gasteiger partial charge < -0.3 is 15.4 Å². The molecule has 0 aromatic heterocycles. The molecule has 1 amide bonds. The topological polar surface area (TPSA) is 111 Å². The van der Waals surface area contributed by atoms with Crippen molar-refractivity contribution < 1.29 is 19.2 Å². The summed E-state index contributed by atoms with van der Waals surface area (Å²) in [6.07, 6.45) is -1.01. The maximum absolute atomic E-state index is 12.2. The second-order valence-corrected chi connectivity index (χ2v) is 6.19. The number of ether oxygens (including phenoxy) is 1. The van der Waals surface area contributed by atoms with Crippen LogP contribution in [0.15, 0.2) is 48.5 Å². The SMILES string of the molecule is CC(C)NC(=O)[C@H](C)OC(=O)c1ccc(Nc2ccccc2)c([N+](=O)[O-])c1. The molecule has 27 heavy (non-hydrogen) atoms. The number of carbonyl (C=O) groups is 2. The third-order valence-electron chi connectivity index (χ3n) is 3.57. The van der Waals surface area contributed by atoms with Crippen LogP contribution in [0.2, 0.25) is 0 Å². The average Bonchev–Trinajstić information content (AvgIpc) is 2.62. The van der Waals surface area contributed by atoms with Gasteiger partial charge in [-0.3, -0.25) is 14.9 Å². The van der Waals surface area contributed by atoms with Crippen molar-refractivity contribution in [3.8, 4) is 0 Å². The number of carbonyl (C=O) groups excluding carboxylic acids is 2. The van der Waals surface area contributed by atoms with Gasteiger partial charge in [-0.2, -0.15) is 0 Å². The Morgan fingerprint density at radius 1 is 1.07 bits per heavy atom. The van der Waals surface area contributed by atoms with Crippen LogP contribution in [0.4, 0.5) is 17.1 Å². The van der Waals surface area contributed by atoms with Gasteiger partial charge >= 0.3 is 5.97 Å². The Bertz CT molecular complexity index is 836. The maximum atomic E-state index is 12.2. The van der Waals surface area contributed by atoms with Crippen LogP contribution in [0.25, 0.3) is 0 Å². The number of hydrogen-bond acceptors (Lipinski definition) is 6. The summed E-state index contributed by atoms with van der Waals surface area (Å²) in [5.41, 5.74) is 0.639. The molecule has 0 bridgehead atoms. The summed E-state index contributed by atoms with van der Waals surface area (Å²) in [4.78, 5) is 34.9. The van der Waals surface area contributed by atoms with Crippen molar-refractivity contribution in [2.75, 3.05) is 5.32 Å². The van der Waals surface area contributed by atoms with Gasteiger partial charge in [0.05, 0.1) is 10.5 Å². The summed E-state index contributed by atoms with van der Waals surface area (Å²) < 4.78 is 5.10. The zero-order chi connectivity index (χ0) is 20.0. The quantitative estimate of drug-likeness (QED) is 0.438. The minimum absolute atomic E-state index is 0.00971. The second kappa shape index (κ2) is 8.79. The number of anilines is 2. The Morgan fingerprint density at radius 2 is 1.74 bits per heavy atom. The summed E-state index contributed by atoms with van der Waals surface area (Å²) in [6.45, 7) is 5.01. The van der Waals surface area contributed by atoms with Crippen LogP contribution in [0.1, 0.15) is 31.1 Å². The number of amides is 1. The highest BCUT2D eigenvalue weighted by Crippen LogP contribution is 2.29. The highest BCUT2D eigenvalue weighted by Gasteiger charge is 2.22. The van der Waals surface area contributed by atoms with E-state index in [1.54, 1.807) is 38.1 Å². The van der Waals surface area contributed by atoms with Crippen molar-refractivity contribution in [1.82, 2.24) is 5.32 Å². The van der Waals surface area contributed by atoms with E-state index < -0.39 is 22.9 Å². The van der Waals surface area contributed by atoms with Crippen LogP contribution in [-0.4, -0.2) is 28.9 Å². The van der Waals surface area contributed by atoms with Crippen molar-refractivity contribution in [2.45, 2.75) is 32.9 Å². The fraction of sp³-hybridized carbons (Fsp3) is 0.263. The number of nitrogens with zero attached hydrogens (tertiary/aromatic N) is 1. The van der Waals surface area contributed by atoms with E-state index in [1.165, 1.54) is 19.1 Å². The molecule has 0 saturated carbocycles. The fourth-order valence-electron chi connectivity index (χ4n) is 2.28. The molecule has 2 aromatic rings. The average molecular weight is 371 g/mol. The minimum atomic E-state index is -1.01. The molecule has 0 fully saturated rings. The van der Waals surface area contributed by atoms with Crippen LogP contribution in [-0.2, 0) is 9.53 Å². The second-order valence-electron chi connectivity index (χ2n) is 6.19. The van der Waals surface area contributed by atoms with E-state index in [9.17, 15) is 19.7 Å². The van der Waals surface area contributed by atoms with E-state index in [1.807, 2.05) is 6.07 Å². The third kappa shape index (κ3) is 5.53. The van der Waals surface area contributed by atoms with Gasteiger partial charge in [0.2, 0.25) is 0 Å². The van der Waals surface area contributed by atoms with Crippen LogP contribution >= 0.6 is 0 Å². The van der Waals surface area contributed by atoms with E-state index >= 15 is 0 Å². The number of nitrogens with one attached hydrogen (secondary N) is 2. The highest BCUT2D eigenvalue weighted by atomic mass is 16.6. The first-order chi connectivity index (χ1) is 12.8. The summed E-state index contributed by atoms with van der Waals surface area (Å²) in [6, 6.07) is 12.8. The molecule has 0 aliphatic carbocycles. The largest absolute Gasteiger partial charge is 0.449 e. The van der Waals surface area contributed by atoms with Gasteiger partial charge in [-0.25, -0.2) is 4.79 Å². The summed E-state index contributed by atoms with van der Waals surface area (Å²) in [7, 11) is 0. The molecule has 0 saturated heterocycles. The predicted octanol–water partition coefficient (Wildman–Crippen LogP) is 3.41. The number of para-hydroxylation sites is 1. The number of nitro benzene ring substituents is 1. The standard InChI is InChI=1S/C19H21N3O5/c1-12(2)20-18(23)13(3)27-19(24)14-9-10-16(17(11-14)22(25)26)21-15-7-5-4-6-8-15/h4-13,21H,1-3H3,(H,20,23)/t13-/m0/s1. The third-order valence-corrected chi connectivity index (χ3v) is 3.57. The zero-order valence-electron chi connectivity index (χ0n) is 15.3. The van der Waals surface area contributed by atoms with Crippen molar-refractivity contribution in [3.05, 3.63) is 64.2 Å². The molecule has 2 N–H and O–H groups in total. The number of esters is 1. The van der Waals surface area contributed by atoms with Crippen molar-refractivity contribution in [2.24, 2.45) is 0 Å². The molecule has 0 aliphatic heterocycles. The van der Waals surface area contributed by atoms with E-state index in [0.29, 0.717) is 5.69 Å². The first-order valence-electron chi connectivity index (χ1n) is 8.39. The van der Waals surface area contributed by atoms with E-state index in [4.69, 9.17) is 4.74 Å². The Hall–Kier alpha value is -3.42. The molecule has 2 aromatic carbocycles. The lowest BCUT2D eigenvalue weighted by atomic mass is 10.1. The number of hydrogen-bond donors (Lipinski definition) is 2. The molecule has 8 nitrogen and oxygen atoms in total. The molecule has 0 spiro atoms. The van der Waals surface area contributed by atoms with E-state index in [2.05, 4.69) is 10.6 Å². The predicted molar refractivity (Wildman–Crippen MR) is 101 cm³/mol. The van der Waals surface area contributed by atoms with Gasteiger partial charge in [0.25, 0.3) is 11.6 Å². The van der Waals surface area contributed by atoms with E-state index in [0.717, 1.165) is 6.07 Å². The Balaban J connectivity index is 2.18. The number of nitro groups is 1. The lowest BCUT2D eigenvalue weighted by Crippen LogP contribution is -2.39. The molecular formula is C19H21N3O5. The Kier molecular flexibility index (Phi) is 6.48. The molecule has 142 valence electrons. The zero-order valence-corrected chi connectivity index (χ0v) is 15.3. The van der Waals surface area contributed by atoms with Gasteiger partial charge in [0.1, 0.15) is 5.69 Å².